The number of benzene rings is 2. The van der Waals surface area contributed by atoms with Gasteiger partial charge < -0.3 is 19.9 Å². The predicted molar refractivity (Wildman–Crippen MR) is 102 cm³/mol. The van der Waals surface area contributed by atoms with Crippen LogP contribution in [0.15, 0.2) is 42.5 Å². The first-order valence-electron chi connectivity index (χ1n) is 8.78. The lowest BCUT2D eigenvalue weighted by atomic mass is 9.98. The molecule has 1 amide bonds. The van der Waals surface area contributed by atoms with Gasteiger partial charge >= 0.3 is 5.97 Å². The molecule has 0 aliphatic carbocycles. The molecule has 2 N–H and O–H groups in total. The SMILES string of the molecule is Cc1cc(OCCOC(=O)c2ccc(OCC(N)=O)cc2)ccc1C(C)C. The normalized spacial score (nSPS) is 10.5. The standard InChI is InChI=1S/C21H25NO5/c1-14(2)19-9-8-18(12-15(19)3)25-10-11-26-21(24)16-4-6-17(7-5-16)27-13-20(22)23/h4-9,12,14H,10-11,13H2,1-3H3,(H2,22,23). The van der Waals surface area contributed by atoms with E-state index in [0.29, 0.717) is 17.2 Å². The number of aryl methyl sites for hydroxylation is 1. The van der Waals surface area contributed by atoms with E-state index in [-0.39, 0.29) is 19.8 Å². The van der Waals surface area contributed by atoms with Crippen molar-refractivity contribution in [2.24, 2.45) is 5.73 Å². The molecule has 2 aromatic carbocycles. The molecule has 0 spiro atoms. The minimum Gasteiger partial charge on any atom is -0.490 e. The fourth-order valence-electron chi connectivity index (χ4n) is 2.60. The molecule has 0 atom stereocenters. The Balaban J connectivity index is 1.77. The Morgan fingerprint density at radius 3 is 2.22 bits per heavy atom. The summed E-state index contributed by atoms with van der Waals surface area (Å²) in [6.45, 7) is 6.56. The number of hydrogen-bond donors (Lipinski definition) is 1. The Hall–Kier alpha value is -3.02. The fraction of sp³-hybridized carbons (Fsp3) is 0.333. The smallest absolute Gasteiger partial charge is 0.338 e. The number of amides is 1. The summed E-state index contributed by atoms with van der Waals surface area (Å²) < 4.78 is 16.0. The molecule has 2 aromatic rings. The third kappa shape index (κ3) is 6.33. The minimum absolute atomic E-state index is 0.143. The lowest BCUT2D eigenvalue weighted by molar-refractivity contribution is -0.119. The summed E-state index contributed by atoms with van der Waals surface area (Å²) in [5.74, 6) is 0.657. The van der Waals surface area contributed by atoms with Crippen LogP contribution in [-0.2, 0) is 9.53 Å². The number of esters is 1. The van der Waals surface area contributed by atoms with Gasteiger partial charge in [0.05, 0.1) is 5.56 Å². The number of carbonyl (C=O) groups is 2. The van der Waals surface area contributed by atoms with Crippen molar-refractivity contribution in [1.82, 2.24) is 0 Å². The van der Waals surface area contributed by atoms with Crippen LogP contribution >= 0.6 is 0 Å². The Kier molecular flexibility index (Phi) is 7.23. The van der Waals surface area contributed by atoms with Crippen LogP contribution in [-0.4, -0.2) is 31.7 Å². The molecule has 0 saturated carbocycles. The van der Waals surface area contributed by atoms with Gasteiger partial charge in [0.2, 0.25) is 0 Å². The number of nitrogens with two attached hydrogens (primary N) is 1. The highest BCUT2D eigenvalue weighted by molar-refractivity contribution is 5.89. The van der Waals surface area contributed by atoms with Crippen LogP contribution < -0.4 is 15.2 Å². The number of primary amides is 1. The number of rotatable bonds is 9. The van der Waals surface area contributed by atoms with Gasteiger partial charge in [0, 0.05) is 0 Å². The monoisotopic (exact) mass is 371 g/mol. The zero-order valence-corrected chi connectivity index (χ0v) is 15.9. The Bertz CT molecular complexity index is 784. The van der Waals surface area contributed by atoms with E-state index in [1.807, 2.05) is 12.1 Å². The molecule has 0 radical (unpaired) electrons. The third-order valence-electron chi connectivity index (χ3n) is 3.92. The van der Waals surface area contributed by atoms with Crippen molar-refractivity contribution in [1.29, 1.82) is 0 Å². The van der Waals surface area contributed by atoms with Crippen molar-refractivity contribution in [2.45, 2.75) is 26.7 Å². The van der Waals surface area contributed by atoms with Crippen molar-refractivity contribution in [3.63, 3.8) is 0 Å². The maximum atomic E-state index is 12.0. The average molecular weight is 371 g/mol. The molecule has 27 heavy (non-hydrogen) atoms. The third-order valence-corrected chi connectivity index (χ3v) is 3.92. The van der Waals surface area contributed by atoms with Crippen LogP contribution in [0, 0.1) is 6.92 Å². The van der Waals surface area contributed by atoms with Crippen LogP contribution in [0.25, 0.3) is 0 Å². The molecular weight excluding hydrogens is 346 g/mol. The lowest BCUT2D eigenvalue weighted by Crippen LogP contribution is -2.20. The average Bonchev–Trinajstić information content (AvgIpc) is 2.63. The largest absolute Gasteiger partial charge is 0.490 e. The molecule has 0 unspecified atom stereocenters. The zero-order chi connectivity index (χ0) is 19.8. The van der Waals surface area contributed by atoms with Crippen molar-refractivity contribution >= 4 is 11.9 Å². The van der Waals surface area contributed by atoms with Gasteiger partial charge in [-0.1, -0.05) is 19.9 Å². The molecule has 0 bridgehead atoms. The van der Waals surface area contributed by atoms with Crippen molar-refractivity contribution in [3.05, 3.63) is 59.2 Å². The van der Waals surface area contributed by atoms with E-state index in [9.17, 15) is 9.59 Å². The summed E-state index contributed by atoms with van der Waals surface area (Å²) in [6, 6.07) is 12.3. The second-order valence-electron chi connectivity index (χ2n) is 6.44. The van der Waals surface area contributed by atoms with Gasteiger partial charge in [-0.3, -0.25) is 4.79 Å². The van der Waals surface area contributed by atoms with Crippen molar-refractivity contribution in [2.75, 3.05) is 19.8 Å². The first kappa shape index (κ1) is 20.3. The van der Waals surface area contributed by atoms with Crippen LogP contribution in [0.3, 0.4) is 0 Å². The quantitative estimate of drug-likeness (QED) is 0.540. The van der Waals surface area contributed by atoms with Crippen LogP contribution in [0.2, 0.25) is 0 Å². The summed E-state index contributed by atoms with van der Waals surface area (Å²) in [6.07, 6.45) is 0. The number of carbonyl (C=O) groups excluding carboxylic acids is 2. The molecule has 0 heterocycles. The zero-order valence-electron chi connectivity index (χ0n) is 15.9. The highest BCUT2D eigenvalue weighted by Gasteiger charge is 2.08. The van der Waals surface area contributed by atoms with Gasteiger partial charge in [-0.25, -0.2) is 4.79 Å². The molecule has 0 aliphatic rings. The highest BCUT2D eigenvalue weighted by Crippen LogP contribution is 2.23. The lowest BCUT2D eigenvalue weighted by Gasteiger charge is -2.12. The molecule has 0 aromatic heterocycles. The second kappa shape index (κ2) is 9.62. The molecule has 2 rings (SSSR count). The van der Waals surface area contributed by atoms with E-state index in [1.165, 1.54) is 11.1 Å². The van der Waals surface area contributed by atoms with E-state index in [2.05, 4.69) is 26.8 Å². The maximum absolute atomic E-state index is 12.0. The van der Waals surface area contributed by atoms with Gasteiger partial charge in [-0.15, -0.1) is 0 Å². The number of ether oxygens (including phenoxy) is 3. The minimum atomic E-state index is -0.562. The summed E-state index contributed by atoms with van der Waals surface area (Å²) >= 11 is 0. The number of hydrogen-bond acceptors (Lipinski definition) is 5. The first-order valence-corrected chi connectivity index (χ1v) is 8.78. The van der Waals surface area contributed by atoms with E-state index in [4.69, 9.17) is 19.9 Å². The molecule has 0 aliphatic heterocycles. The predicted octanol–water partition coefficient (Wildman–Crippen LogP) is 3.22. The summed E-state index contributed by atoms with van der Waals surface area (Å²) in [5.41, 5.74) is 7.86. The summed E-state index contributed by atoms with van der Waals surface area (Å²) in [7, 11) is 0. The van der Waals surface area contributed by atoms with Gasteiger partial charge in [-0.05, 0) is 60.4 Å². The van der Waals surface area contributed by atoms with Gasteiger partial charge in [0.15, 0.2) is 6.61 Å². The molecule has 0 saturated heterocycles. The summed E-state index contributed by atoms with van der Waals surface area (Å²) in [5, 5.41) is 0. The van der Waals surface area contributed by atoms with Crippen LogP contribution in [0.5, 0.6) is 11.5 Å². The van der Waals surface area contributed by atoms with E-state index < -0.39 is 11.9 Å². The molecular formula is C21H25NO5. The maximum Gasteiger partial charge on any atom is 0.338 e. The van der Waals surface area contributed by atoms with Gasteiger partial charge in [0.25, 0.3) is 5.91 Å². The van der Waals surface area contributed by atoms with Crippen molar-refractivity contribution in [3.8, 4) is 11.5 Å². The first-order chi connectivity index (χ1) is 12.9. The van der Waals surface area contributed by atoms with E-state index in [0.717, 1.165) is 5.75 Å². The van der Waals surface area contributed by atoms with E-state index >= 15 is 0 Å². The molecule has 6 heteroatoms. The molecule has 6 nitrogen and oxygen atoms in total. The summed E-state index contributed by atoms with van der Waals surface area (Å²) in [4.78, 5) is 22.7. The van der Waals surface area contributed by atoms with Gasteiger partial charge in [-0.2, -0.15) is 0 Å². The fourth-order valence-corrected chi connectivity index (χ4v) is 2.60. The Morgan fingerprint density at radius 1 is 0.963 bits per heavy atom. The Morgan fingerprint density at radius 2 is 1.63 bits per heavy atom. The van der Waals surface area contributed by atoms with E-state index in [1.54, 1.807) is 24.3 Å². The van der Waals surface area contributed by atoms with Gasteiger partial charge in [0.1, 0.15) is 24.7 Å². The topological polar surface area (TPSA) is 87.8 Å². The Labute approximate surface area is 159 Å². The van der Waals surface area contributed by atoms with Crippen molar-refractivity contribution < 1.29 is 23.8 Å². The molecule has 0 fully saturated rings. The molecule has 144 valence electrons. The highest BCUT2D eigenvalue weighted by atomic mass is 16.6. The second-order valence-corrected chi connectivity index (χ2v) is 6.44. The van der Waals surface area contributed by atoms with Crippen LogP contribution in [0.1, 0.15) is 41.3 Å². The van der Waals surface area contributed by atoms with Crippen LogP contribution in [0.4, 0.5) is 0 Å².